The SMILES string of the molecule is CC(C)CCCCCCCCCCCCCCCCCC(=O)O[C@H](COC(=O)CCCCCCCCCCCCCCCCC(C)C)COP(=O)(O)OCC(O)COP(=O)(O)OC[C@@H](COC(=O)CCCCCCCCCC(C)C)OC(=O)CCCCCCCCCCCCCC(C)C. The van der Waals surface area contributed by atoms with Crippen LogP contribution < -0.4 is 0 Å². The lowest BCUT2D eigenvalue weighted by atomic mass is 10.0. The van der Waals surface area contributed by atoms with Crippen molar-refractivity contribution in [2.24, 2.45) is 23.7 Å². The van der Waals surface area contributed by atoms with Gasteiger partial charge >= 0.3 is 39.5 Å². The molecule has 0 aliphatic heterocycles. The first-order valence-corrected chi connectivity index (χ1v) is 44.2. The van der Waals surface area contributed by atoms with Gasteiger partial charge in [0.15, 0.2) is 12.2 Å². The average molecular weight is 1450 g/mol. The molecule has 0 heterocycles. The molecule has 0 spiro atoms. The number of carbonyl (C=O) groups excluding carboxylic acids is 4. The quantitative estimate of drug-likeness (QED) is 0.0222. The van der Waals surface area contributed by atoms with Gasteiger partial charge in [-0.1, -0.05) is 357 Å². The number of ether oxygens (including phenoxy) is 4. The zero-order valence-electron chi connectivity index (χ0n) is 65.1. The van der Waals surface area contributed by atoms with Crippen LogP contribution in [0.15, 0.2) is 0 Å². The summed E-state index contributed by atoms with van der Waals surface area (Å²) in [5, 5.41) is 10.6. The van der Waals surface area contributed by atoms with Crippen molar-refractivity contribution in [1.29, 1.82) is 0 Å². The molecular weight excluding hydrogens is 1290 g/mol. The molecule has 0 amide bonds. The highest BCUT2D eigenvalue weighted by molar-refractivity contribution is 7.47. The second kappa shape index (κ2) is 69.1. The maximum absolute atomic E-state index is 13.1. The zero-order chi connectivity index (χ0) is 73.1. The number of esters is 4. The van der Waals surface area contributed by atoms with E-state index in [1.54, 1.807) is 0 Å². The molecule has 0 aromatic rings. The first-order valence-electron chi connectivity index (χ1n) is 41.2. The lowest BCUT2D eigenvalue weighted by molar-refractivity contribution is -0.161. The molecule has 0 aliphatic rings. The predicted octanol–water partition coefficient (Wildman–Crippen LogP) is 23.6. The van der Waals surface area contributed by atoms with Crippen molar-refractivity contribution in [2.75, 3.05) is 39.6 Å². The number of hydrogen-bond acceptors (Lipinski definition) is 15. The molecule has 3 N–H and O–H groups in total. The van der Waals surface area contributed by atoms with Crippen molar-refractivity contribution < 1.29 is 80.2 Å². The first kappa shape index (κ1) is 97.1. The van der Waals surface area contributed by atoms with Gasteiger partial charge in [0.1, 0.15) is 19.3 Å². The summed E-state index contributed by atoms with van der Waals surface area (Å²) in [5.74, 6) is 0.957. The number of aliphatic hydroxyl groups is 1. The number of unbranched alkanes of at least 4 members (excludes halogenated alkanes) is 43. The molecule has 0 aromatic carbocycles. The molecule has 0 aromatic heterocycles. The van der Waals surface area contributed by atoms with Crippen molar-refractivity contribution in [3.63, 3.8) is 0 Å². The number of hydrogen-bond donors (Lipinski definition) is 3. The fraction of sp³-hybridized carbons (Fsp3) is 0.950. The van der Waals surface area contributed by atoms with Gasteiger partial charge in [-0.2, -0.15) is 0 Å². The van der Waals surface area contributed by atoms with Crippen molar-refractivity contribution in [3.8, 4) is 0 Å². The Hall–Kier alpha value is -1.94. The van der Waals surface area contributed by atoms with E-state index in [-0.39, 0.29) is 25.7 Å². The number of aliphatic hydroxyl groups excluding tert-OH is 1. The second-order valence-electron chi connectivity index (χ2n) is 30.7. The van der Waals surface area contributed by atoms with Crippen molar-refractivity contribution in [2.45, 2.75) is 427 Å². The van der Waals surface area contributed by atoms with Crippen LogP contribution in [0.25, 0.3) is 0 Å². The monoisotopic (exact) mass is 1450 g/mol. The van der Waals surface area contributed by atoms with Gasteiger partial charge in [0.2, 0.25) is 0 Å². The normalized spacial score (nSPS) is 14.1. The van der Waals surface area contributed by atoms with Gasteiger partial charge in [0.25, 0.3) is 0 Å². The maximum atomic E-state index is 13.1. The van der Waals surface area contributed by atoms with E-state index in [1.165, 1.54) is 205 Å². The van der Waals surface area contributed by atoms with Gasteiger partial charge in [-0.25, -0.2) is 9.13 Å². The highest BCUT2D eigenvalue weighted by Gasteiger charge is 2.30. The van der Waals surface area contributed by atoms with E-state index in [4.69, 9.17) is 37.0 Å². The zero-order valence-corrected chi connectivity index (χ0v) is 66.9. The van der Waals surface area contributed by atoms with Crippen LogP contribution in [0.1, 0.15) is 409 Å². The summed E-state index contributed by atoms with van der Waals surface area (Å²) in [6.07, 6.45) is 55.6. The molecule has 0 saturated heterocycles. The van der Waals surface area contributed by atoms with Crippen molar-refractivity contribution in [3.05, 3.63) is 0 Å². The van der Waals surface area contributed by atoms with E-state index in [0.717, 1.165) is 114 Å². The Morgan fingerprint density at radius 2 is 0.424 bits per heavy atom. The van der Waals surface area contributed by atoms with E-state index >= 15 is 0 Å². The van der Waals surface area contributed by atoms with Crippen LogP contribution in [0.4, 0.5) is 0 Å². The minimum absolute atomic E-state index is 0.105. The number of phosphoric ester groups is 2. The van der Waals surface area contributed by atoms with Gasteiger partial charge in [0.05, 0.1) is 26.4 Å². The van der Waals surface area contributed by atoms with Gasteiger partial charge < -0.3 is 33.8 Å². The Bertz CT molecular complexity index is 1940. The topological polar surface area (TPSA) is 237 Å². The molecule has 5 atom stereocenters. The summed E-state index contributed by atoms with van der Waals surface area (Å²) >= 11 is 0. The molecular formula is C80H156O17P2. The Morgan fingerprint density at radius 1 is 0.253 bits per heavy atom. The van der Waals surface area contributed by atoms with E-state index in [2.05, 4.69) is 55.4 Å². The smallest absolute Gasteiger partial charge is 0.462 e. The number of rotatable bonds is 77. The molecule has 0 fully saturated rings. The third kappa shape index (κ3) is 74.1. The molecule has 588 valence electrons. The van der Waals surface area contributed by atoms with E-state index in [1.807, 2.05) is 0 Å². The highest BCUT2D eigenvalue weighted by Crippen LogP contribution is 2.45. The van der Waals surface area contributed by atoms with Crippen LogP contribution >= 0.6 is 15.6 Å². The second-order valence-corrected chi connectivity index (χ2v) is 33.6. The summed E-state index contributed by atoms with van der Waals surface area (Å²) in [6.45, 7) is 14.2. The minimum atomic E-state index is -4.96. The largest absolute Gasteiger partial charge is 0.472 e. The summed E-state index contributed by atoms with van der Waals surface area (Å²) in [5.41, 5.74) is 0. The molecule has 0 bridgehead atoms. The Labute approximate surface area is 607 Å². The molecule has 0 saturated carbocycles. The third-order valence-corrected chi connectivity index (χ3v) is 20.5. The molecule has 0 aliphatic carbocycles. The molecule has 3 unspecified atom stereocenters. The van der Waals surface area contributed by atoms with Crippen LogP contribution in [0.2, 0.25) is 0 Å². The summed E-state index contributed by atoms with van der Waals surface area (Å²) in [4.78, 5) is 73.0. The van der Waals surface area contributed by atoms with Crippen LogP contribution in [0, 0.1) is 23.7 Å². The van der Waals surface area contributed by atoms with E-state index in [9.17, 15) is 43.2 Å². The lowest BCUT2D eigenvalue weighted by Crippen LogP contribution is -2.30. The predicted molar refractivity (Wildman–Crippen MR) is 404 cm³/mol. The summed E-state index contributed by atoms with van der Waals surface area (Å²) in [7, 11) is -9.92. The Kier molecular flexibility index (Phi) is 67.8. The highest BCUT2D eigenvalue weighted by atomic mass is 31.2. The molecule has 17 nitrogen and oxygen atoms in total. The summed E-state index contributed by atoms with van der Waals surface area (Å²) in [6, 6.07) is 0. The standard InChI is InChI=1S/C80H156O17P2/c1-70(2)56-48-40-32-25-19-14-10-9-11-17-23-29-37-46-54-62-79(84)96-75(66-90-77(82)60-52-44-36-28-22-16-13-12-15-20-26-33-41-49-57-71(3)4)68-94-98(86,87)92-64-74(81)65-93-99(88,89)95-69-76(67-91-78(83)61-53-45-39-31-35-43-51-59-73(7)8)97-80(85)63-55-47-38-30-24-18-21-27-34-42-50-58-72(5)6/h70-76,81H,9-69H2,1-8H3,(H,86,87)(H,88,89)/t74?,75-,76-/m1/s1. The molecule has 99 heavy (non-hydrogen) atoms. The molecule has 0 radical (unpaired) electrons. The van der Waals surface area contributed by atoms with E-state index < -0.39 is 97.5 Å². The van der Waals surface area contributed by atoms with Gasteiger partial charge in [-0.3, -0.25) is 37.3 Å². The van der Waals surface area contributed by atoms with Crippen LogP contribution in [0.3, 0.4) is 0 Å². The van der Waals surface area contributed by atoms with Gasteiger partial charge in [-0.05, 0) is 49.4 Å². The van der Waals surface area contributed by atoms with Crippen molar-refractivity contribution >= 4 is 39.5 Å². The first-order chi connectivity index (χ1) is 47.6. The molecule has 0 rings (SSSR count). The fourth-order valence-corrected chi connectivity index (χ4v) is 13.8. The van der Waals surface area contributed by atoms with Crippen LogP contribution in [0.5, 0.6) is 0 Å². The summed E-state index contributed by atoms with van der Waals surface area (Å²) < 4.78 is 68.7. The van der Waals surface area contributed by atoms with Gasteiger partial charge in [0, 0.05) is 25.7 Å². The van der Waals surface area contributed by atoms with Gasteiger partial charge in [-0.15, -0.1) is 0 Å². The van der Waals surface area contributed by atoms with Crippen molar-refractivity contribution in [1.82, 2.24) is 0 Å². The van der Waals surface area contributed by atoms with E-state index in [0.29, 0.717) is 31.6 Å². The van der Waals surface area contributed by atoms with Crippen LogP contribution in [-0.4, -0.2) is 96.7 Å². The average Bonchev–Trinajstić information content (AvgIpc) is 1.03. The fourth-order valence-electron chi connectivity index (χ4n) is 12.3. The Morgan fingerprint density at radius 3 is 0.626 bits per heavy atom. The van der Waals surface area contributed by atoms with Crippen LogP contribution in [-0.2, 0) is 65.4 Å². The third-order valence-electron chi connectivity index (χ3n) is 18.6. The number of phosphoric acid groups is 2. The minimum Gasteiger partial charge on any atom is -0.462 e. The number of carbonyl (C=O) groups is 4. The Balaban J connectivity index is 5.25. The maximum Gasteiger partial charge on any atom is 0.472 e. The molecule has 19 heteroatoms. The lowest BCUT2D eigenvalue weighted by Gasteiger charge is -2.21.